The molecule has 0 aliphatic carbocycles. The average molecular weight is 147 g/mol. The number of aromatic nitrogens is 1. The van der Waals surface area contributed by atoms with Crippen LogP contribution in [0.15, 0.2) is 12.0 Å². The lowest BCUT2D eigenvalue weighted by Crippen LogP contribution is -2.01. The molecule has 4 heteroatoms. The molecule has 0 aliphatic heterocycles. The lowest BCUT2D eigenvalue weighted by atomic mass is 11.0. The zero-order chi connectivity index (χ0) is 5.98. The van der Waals surface area contributed by atoms with Crippen molar-refractivity contribution in [2.45, 2.75) is 0 Å². The maximum atomic E-state index is 4.89. The summed E-state index contributed by atoms with van der Waals surface area (Å²) >= 11 is 4.89. The maximum absolute atomic E-state index is 4.89. The third-order valence-electron chi connectivity index (χ3n) is 0.814. The Morgan fingerprint density at radius 3 is 2.88 bits per heavy atom. The molecule has 0 radical (unpaired) electrons. The molecule has 1 atom stereocenters. The van der Waals surface area contributed by atoms with Gasteiger partial charge in [-0.2, -0.15) is 4.73 Å². The molecule has 0 aliphatic rings. The van der Waals surface area contributed by atoms with E-state index in [1.807, 2.05) is 12.0 Å². The first-order chi connectivity index (χ1) is 3.84. The van der Waals surface area contributed by atoms with Gasteiger partial charge in [0.05, 0.1) is 0 Å². The van der Waals surface area contributed by atoms with Gasteiger partial charge in [0.1, 0.15) is 7.11 Å². The van der Waals surface area contributed by atoms with Gasteiger partial charge in [-0.15, -0.1) is 0 Å². The maximum Gasteiger partial charge on any atom is 0.157 e. The molecule has 2 nitrogen and oxygen atoms in total. The van der Waals surface area contributed by atoms with Crippen molar-refractivity contribution in [1.29, 1.82) is 0 Å². The summed E-state index contributed by atoms with van der Waals surface area (Å²) in [5, 5.41) is 0. The Morgan fingerprint density at radius 2 is 2.62 bits per heavy atom. The SMILES string of the molecule is COn1cc[pH]c1=S. The van der Waals surface area contributed by atoms with Crippen LogP contribution >= 0.6 is 20.4 Å². The Kier molecular flexibility index (Phi) is 1.71. The van der Waals surface area contributed by atoms with Gasteiger partial charge in [-0.1, -0.05) is 20.4 Å². The molecule has 0 bridgehead atoms. The first kappa shape index (κ1) is 5.86. The molecule has 0 saturated heterocycles. The molecular weight excluding hydrogens is 141 g/mol. The second kappa shape index (κ2) is 2.33. The summed E-state index contributed by atoms with van der Waals surface area (Å²) in [6, 6.07) is 0. The summed E-state index contributed by atoms with van der Waals surface area (Å²) in [7, 11) is 2.22. The van der Waals surface area contributed by atoms with E-state index in [-0.39, 0.29) is 0 Å². The standard InChI is InChI=1S/C4H6NOPS/c1-6-5-2-3-7-4(5)8/h2-3,7H,1H3. The molecule has 0 N–H and O–H groups in total. The second-order valence-electron chi connectivity index (χ2n) is 1.27. The molecular formula is C4H6NOPS. The molecule has 1 rings (SSSR count). The summed E-state index contributed by atoms with van der Waals surface area (Å²) in [6.07, 6.45) is 1.83. The van der Waals surface area contributed by atoms with Crippen LogP contribution in [0.2, 0.25) is 0 Å². The first-order valence-corrected chi connectivity index (χ1v) is 3.63. The molecule has 0 saturated carbocycles. The van der Waals surface area contributed by atoms with Crippen molar-refractivity contribution in [3.8, 4) is 0 Å². The Hall–Kier alpha value is -0.270. The zero-order valence-electron chi connectivity index (χ0n) is 4.42. The van der Waals surface area contributed by atoms with E-state index in [2.05, 4.69) is 0 Å². The van der Waals surface area contributed by atoms with Crippen molar-refractivity contribution in [3.63, 3.8) is 0 Å². The summed E-state index contributed by atoms with van der Waals surface area (Å²) in [5.41, 5.74) is 0. The highest BCUT2D eigenvalue weighted by Gasteiger charge is 1.83. The molecule has 0 aromatic carbocycles. The lowest BCUT2D eigenvalue weighted by Gasteiger charge is -1.94. The van der Waals surface area contributed by atoms with Crippen molar-refractivity contribution in [3.05, 3.63) is 16.4 Å². The van der Waals surface area contributed by atoms with Gasteiger partial charge >= 0.3 is 0 Å². The van der Waals surface area contributed by atoms with Gasteiger partial charge in [-0.3, -0.25) is 0 Å². The van der Waals surface area contributed by atoms with Gasteiger partial charge in [0.25, 0.3) is 0 Å². The van der Waals surface area contributed by atoms with Crippen LogP contribution in [-0.4, -0.2) is 11.8 Å². The highest BCUT2D eigenvalue weighted by molar-refractivity contribution is 7.74. The molecule has 44 valence electrons. The Balaban J connectivity index is 3.11. The van der Waals surface area contributed by atoms with Gasteiger partial charge in [-0.25, -0.2) is 0 Å². The van der Waals surface area contributed by atoms with Gasteiger partial charge in [0, 0.05) is 6.20 Å². The van der Waals surface area contributed by atoms with E-state index < -0.39 is 0 Å². The highest BCUT2D eigenvalue weighted by atomic mass is 32.1. The number of hydrogen-bond donors (Lipinski definition) is 0. The van der Waals surface area contributed by atoms with Crippen LogP contribution in [0.25, 0.3) is 0 Å². The molecule has 1 aromatic heterocycles. The van der Waals surface area contributed by atoms with Crippen molar-refractivity contribution in [2.24, 2.45) is 0 Å². The largest absolute Gasteiger partial charge is 0.416 e. The van der Waals surface area contributed by atoms with Crippen LogP contribution in [0.1, 0.15) is 0 Å². The van der Waals surface area contributed by atoms with Gasteiger partial charge in [0.15, 0.2) is 4.37 Å². The second-order valence-corrected chi connectivity index (χ2v) is 3.12. The summed E-state index contributed by atoms with van der Waals surface area (Å²) < 4.78 is 2.45. The number of hydrogen-bond acceptors (Lipinski definition) is 2. The number of rotatable bonds is 1. The van der Waals surface area contributed by atoms with Gasteiger partial charge < -0.3 is 4.84 Å². The fraction of sp³-hybridized carbons (Fsp3) is 0.250. The van der Waals surface area contributed by atoms with E-state index in [4.69, 9.17) is 17.1 Å². The van der Waals surface area contributed by atoms with E-state index in [9.17, 15) is 0 Å². The van der Waals surface area contributed by atoms with Crippen LogP contribution in [0.3, 0.4) is 0 Å². The molecule has 1 unspecified atom stereocenters. The molecule has 8 heavy (non-hydrogen) atoms. The Bertz CT molecular complexity index is 216. The molecule has 0 spiro atoms. The Labute approximate surface area is 54.1 Å². The monoisotopic (exact) mass is 147 g/mol. The summed E-state index contributed by atoms with van der Waals surface area (Å²) in [5.74, 6) is 1.99. The summed E-state index contributed by atoms with van der Waals surface area (Å²) in [6.45, 7) is 0. The zero-order valence-corrected chi connectivity index (χ0v) is 6.23. The van der Waals surface area contributed by atoms with Crippen molar-refractivity contribution < 1.29 is 4.84 Å². The van der Waals surface area contributed by atoms with Gasteiger partial charge in [-0.05, 0) is 5.80 Å². The lowest BCUT2D eigenvalue weighted by molar-refractivity contribution is 0.166. The predicted molar refractivity (Wildman–Crippen MR) is 37.3 cm³/mol. The fourth-order valence-electron chi connectivity index (χ4n) is 0.451. The van der Waals surface area contributed by atoms with Crippen LogP contribution in [-0.2, 0) is 0 Å². The average Bonchev–Trinajstić information content (AvgIpc) is 2.14. The van der Waals surface area contributed by atoms with E-state index in [0.717, 1.165) is 4.37 Å². The molecule has 1 aromatic rings. The van der Waals surface area contributed by atoms with Crippen molar-refractivity contribution >= 4 is 20.4 Å². The third-order valence-corrected chi connectivity index (χ3v) is 2.13. The van der Waals surface area contributed by atoms with Crippen LogP contribution in [0.4, 0.5) is 0 Å². The predicted octanol–water partition coefficient (Wildman–Crippen LogP) is 1.31. The van der Waals surface area contributed by atoms with Crippen molar-refractivity contribution in [2.75, 3.05) is 7.11 Å². The van der Waals surface area contributed by atoms with Crippen LogP contribution in [0.5, 0.6) is 0 Å². The van der Waals surface area contributed by atoms with Crippen LogP contribution in [0, 0.1) is 4.37 Å². The van der Waals surface area contributed by atoms with E-state index in [1.165, 1.54) is 0 Å². The van der Waals surface area contributed by atoms with E-state index >= 15 is 0 Å². The quantitative estimate of drug-likeness (QED) is 0.556. The molecule has 0 fully saturated rings. The molecule has 1 heterocycles. The smallest absolute Gasteiger partial charge is 0.157 e. The first-order valence-electron chi connectivity index (χ1n) is 2.15. The molecule has 0 amide bonds. The van der Waals surface area contributed by atoms with Crippen LogP contribution < -0.4 is 4.84 Å². The van der Waals surface area contributed by atoms with E-state index in [1.54, 1.807) is 11.8 Å². The third kappa shape index (κ3) is 0.932. The fourth-order valence-corrected chi connectivity index (χ4v) is 1.44. The van der Waals surface area contributed by atoms with Gasteiger partial charge in [0.2, 0.25) is 0 Å². The minimum Gasteiger partial charge on any atom is -0.416 e. The summed E-state index contributed by atoms with van der Waals surface area (Å²) in [4.78, 5) is 4.84. The topological polar surface area (TPSA) is 14.2 Å². The minimum absolute atomic E-state index is 0.621. The minimum atomic E-state index is 0.621. The highest BCUT2D eigenvalue weighted by Crippen LogP contribution is 2.06. The van der Waals surface area contributed by atoms with E-state index in [0.29, 0.717) is 8.19 Å². The normalized spacial score (nSPS) is 10.1. The Morgan fingerprint density at radius 1 is 1.88 bits per heavy atom. The number of nitrogens with zero attached hydrogens (tertiary/aromatic N) is 1. The van der Waals surface area contributed by atoms with Crippen molar-refractivity contribution in [1.82, 2.24) is 4.73 Å².